The first kappa shape index (κ1) is 25.4. The fraction of sp³-hybridized carbons (Fsp3) is 0.452. The van der Waals surface area contributed by atoms with E-state index in [1.807, 2.05) is 41.1 Å². The van der Waals surface area contributed by atoms with Crippen LogP contribution in [0.15, 0.2) is 57.9 Å². The maximum atomic E-state index is 14.1. The molecule has 7 rings (SSSR count). The van der Waals surface area contributed by atoms with Gasteiger partial charge in [-0.05, 0) is 61.9 Å². The summed E-state index contributed by atoms with van der Waals surface area (Å²) < 4.78 is 5.73. The van der Waals surface area contributed by atoms with Crippen LogP contribution in [0.5, 0.6) is 0 Å². The van der Waals surface area contributed by atoms with Gasteiger partial charge in [0.25, 0.3) is 5.91 Å². The molecule has 0 bridgehead atoms. The standard InChI is InChI=1S/C31H35N5O4/c1-21-18-26-19-25(8-9-27(26)40-21)22-2-4-23(5-3-22)28-32-31(10-12-33(13-11-31)16-17-37)30(39)36(28)35-15-14-34(20-35)29(38)24-6-7-24/h2-5,8-9,18-19,24,37H,6-7,10-17,20H2,1H3. The average molecular weight is 542 g/mol. The highest BCUT2D eigenvalue weighted by Crippen LogP contribution is 2.38. The maximum absolute atomic E-state index is 14.1. The van der Waals surface area contributed by atoms with Crippen LogP contribution < -0.4 is 0 Å². The second-order valence-electron chi connectivity index (χ2n) is 11.6. The summed E-state index contributed by atoms with van der Waals surface area (Å²) in [7, 11) is 0. The Hall–Kier alpha value is -3.53. The van der Waals surface area contributed by atoms with Crippen LogP contribution in [0.1, 0.15) is 37.0 Å². The van der Waals surface area contributed by atoms with E-state index >= 15 is 0 Å². The van der Waals surface area contributed by atoms with Gasteiger partial charge in [0.15, 0.2) is 5.84 Å². The highest BCUT2D eigenvalue weighted by atomic mass is 16.3. The number of aliphatic hydroxyl groups is 1. The molecule has 1 aromatic heterocycles. The summed E-state index contributed by atoms with van der Waals surface area (Å²) in [6, 6.07) is 16.5. The topological polar surface area (TPSA) is 92.8 Å². The molecular weight excluding hydrogens is 506 g/mol. The van der Waals surface area contributed by atoms with Crippen molar-refractivity contribution >= 4 is 28.6 Å². The van der Waals surface area contributed by atoms with Crippen molar-refractivity contribution in [2.24, 2.45) is 10.9 Å². The van der Waals surface area contributed by atoms with Gasteiger partial charge in [0.1, 0.15) is 16.9 Å². The molecule has 2 saturated heterocycles. The number of amidine groups is 1. The molecule has 1 N–H and O–H groups in total. The highest BCUT2D eigenvalue weighted by molar-refractivity contribution is 6.15. The highest BCUT2D eigenvalue weighted by Gasteiger charge is 2.53. The molecule has 3 fully saturated rings. The number of hydrazine groups is 1. The number of aliphatic hydroxyl groups excluding tert-OH is 1. The number of carbonyl (C=O) groups excluding carboxylic acids is 2. The smallest absolute Gasteiger partial charge is 0.271 e. The van der Waals surface area contributed by atoms with Gasteiger partial charge in [0.2, 0.25) is 5.91 Å². The second-order valence-corrected chi connectivity index (χ2v) is 11.6. The molecule has 4 aliphatic rings. The summed E-state index contributed by atoms with van der Waals surface area (Å²) in [4.78, 5) is 36.2. The Morgan fingerprint density at radius 1 is 1.00 bits per heavy atom. The summed E-state index contributed by atoms with van der Waals surface area (Å²) in [5, 5.41) is 14.2. The first-order valence-electron chi connectivity index (χ1n) is 14.4. The summed E-state index contributed by atoms with van der Waals surface area (Å²) in [5.74, 6) is 1.91. The molecule has 9 nitrogen and oxygen atoms in total. The molecule has 3 aromatic rings. The van der Waals surface area contributed by atoms with Crippen molar-refractivity contribution < 1.29 is 19.1 Å². The van der Waals surface area contributed by atoms with E-state index in [-0.39, 0.29) is 24.3 Å². The van der Waals surface area contributed by atoms with Crippen LogP contribution in [-0.4, -0.2) is 94.1 Å². The minimum absolute atomic E-state index is 0.00303. The lowest BCUT2D eigenvalue weighted by atomic mass is 9.88. The number of carbonyl (C=O) groups is 2. The summed E-state index contributed by atoms with van der Waals surface area (Å²) >= 11 is 0. The van der Waals surface area contributed by atoms with Crippen molar-refractivity contribution in [2.45, 2.75) is 38.1 Å². The van der Waals surface area contributed by atoms with Gasteiger partial charge in [0, 0.05) is 49.6 Å². The average Bonchev–Trinajstić information content (AvgIpc) is 3.48. The number of rotatable bonds is 6. The number of hydrogen-bond acceptors (Lipinski definition) is 7. The molecule has 40 heavy (non-hydrogen) atoms. The molecule has 0 atom stereocenters. The first-order valence-corrected chi connectivity index (χ1v) is 14.4. The predicted octanol–water partition coefficient (Wildman–Crippen LogP) is 3.25. The zero-order valence-corrected chi connectivity index (χ0v) is 22.9. The van der Waals surface area contributed by atoms with E-state index in [2.05, 4.69) is 29.2 Å². The number of hydrogen-bond donors (Lipinski definition) is 1. The van der Waals surface area contributed by atoms with Crippen molar-refractivity contribution in [1.29, 1.82) is 0 Å². The predicted molar refractivity (Wildman–Crippen MR) is 151 cm³/mol. The molecule has 1 saturated carbocycles. The molecule has 0 radical (unpaired) electrons. The van der Waals surface area contributed by atoms with Crippen molar-refractivity contribution in [3.05, 3.63) is 59.9 Å². The van der Waals surface area contributed by atoms with E-state index in [0.717, 1.165) is 59.4 Å². The van der Waals surface area contributed by atoms with E-state index in [4.69, 9.17) is 9.41 Å². The molecule has 3 aliphatic heterocycles. The lowest BCUT2D eigenvalue weighted by Crippen LogP contribution is -2.55. The summed E-state index contributed by atoms with van der Waals surface area (Å²) in [6.45, 7) is 5.76. The number of amides is 2. The zero-order chi connectivity index (χ0) is 27.4. The van der Waals surface area contributed by atoms with Gasteiger partial charge in [-0.2, -0.15) is 5.01 Å². The monoisotopic (exact) mass is 541 g/mol. The second kappa shape index (κ2) is 9.83. The molecular formula is C31H35N5O4. The van der Waals surface area contributed by atoms with Crippen LogP contribution >= 0.6 is 0 Å². The Bertz CT molecular complexity index is 1480. The van der Waals surface area contributed by atoms with Crippen LogP contribution in [0.4, 0.5) is 0 Å². The summed E-state index contributed by atoms with van der Waals surface area (Å²) in [6.07, 6.45) is 3.18. The van der Waals surface area contributed by atoms with E-state index in [1.54, 1.807) is 5.01 Å². The number of fused-ring (bicyclic) bond motifs is 1. The molecule has 1 spiro atoms. The van der Waals surface area contributed by atoms with Gasteiger partial charge in [-0.25, -0.2) is 10.0 Å². The van der Waals surface area contributed by atoms with Crippen molar-refractivity contribution in [1.82, 2.24) is 19.8 Å². The fourth-order valence-electron chi connectivity index (χ4n) is 6.33. The number of aliphatic imine (C=N–C) groups is 1. The Labute approximate surface area is 233 Å². The Kier molecular flexibility index (Phi) is 6.25. The molecule has 9 heteroatoms. The van der Waals surface area contributed by atoms with Crippen molar-refractivity contribution in [3.8, 4) is 11.1 Å². The van der Waals surface area contributed by atoms with Gasteiger partial charge < -0.3 is 19.3 Å². The number of benzene rings is 2. The van der Waals surface area contributed by atoms with Gasteiger partial charge in [-0.15, -0.1) is 0 Å². The molecule has 208 valence electrons. The third-order valence-electron chi connectivity index (χ3n) is 8.81. The largest absolute Gasteiger partial charge is 0.461 e. The number of piperidine rings is 1. The molecule has 4 heterocycles. The van der Waals surface area contributed by atoms with E-state index < -0.39 is 5.54 Å². The van der Waals surface area contributed by atoms with Gasteiger partial charge in [0.05, 0.1) is 13.3 Å². The minimum Gasteiger partial charge on any atom is -0.461 e. The molecule has 2 aromatic carbocycles. The number of furan rings is 1. The van der Waals surface area contributed by atoms with Crippen LogP contribution in [0, 0.1) is 12.8 Å². The number of nitrogens with zero attached hydrogens (tertiary/aromatic N) is 5. The number of likely N-dealkylation sites (tertiary alicyclic amines) is 1. The summed E-state index contributed by atoms with van der Waals surface area (Å²) in [5.41, 5.74) is 3.14. The third-order valence-corrected chi connectivity index (χ3v) is 8.81. The SMILES string of the molecule is Cc1cc2cc(-c3ccc(C4=NC5(CCN(CCO)CC5)C(=O)N4N4CCN(C(=O)C5CC5)C4)cc3)ccc2o1. The molecule has 0 unspecified atom stereocenters. The third kappa shape index (κ3) is 4.42. The van der Waals surface area contributed by atoms with Gasteiger partial charge in [-0.3, -0.25) is 9.59 Å². The van der Waals surface area contributed by atoms with Crippen LogP contribution in [0.25, 0.3) is 22.1 Å². The van der Waals surface area contributed by atoms with Gasteiger partial charge in [-0.1, -0.05) is 30.3 Å². The maximum Gasteiger partial charge on any atom is 0.271 e. The Morgan fingerprint density at radius 3 is 2.45 bits per heavy atom. The van der Waals surface area contributed by atoms with Crippen LogP contribution in [-0.2, 0) is 9.59 Å². The molecule has 1 aliphatic carbocycles. The fourth-order valence-corrected chi connectivity index (χ4v) is 6.33. The van der Waals surface area contributed by atoms with E-state index in [0.29, 0.717) is 45.0 Å². The Morgan fingerprint density at radius 2 is 1.73 bits per heavy atom. The van der Waals surface area contributed by atoms with E-state index in [1.165, 1.54) is 0 Å². The zero-order valence-electron chi connectivity index (χ0n) is 22.9. The number of β-amino-alcohol motifs (C(OH)–C–C–N with tert-alkyl or cyclic N) is 1. The number of aryl methyl sites for hydroxylation is 1. The Balaban J connectivity index is 1.19. The minimum atomic E-state index is -0.807. The van der Waals surface area contributed by atoms with Crippen LogP contribution in [0.3, 0.4) is 0 Å². The first-order chi connectivity index (χ1) is 19.4. The van der Waals surface area contributed by atoms with Crippen LogP contribution in [0.2, 0.25) is 0 Å². The van der Waals surface area contributed by atoms with Gasteiger partial charge >= 0.3 is 0 Å². The normalized spacial score (nSPS) is 21.6. The molecule has 2 amide bonds. The lowest BCUT2D eigenvalue weighted by Gasteiger charge is -2.37. The quantitative estimate of drug-likeness (QED) is 0.515. The van der Waals surface area contributed by atoms with Crippen molar-refractivity contribution in [3.63, 3.8) is 0 Å². The van der Waals surface area contributed by atoms with E-state index in [9.17, 15) is 14.7 Å². The van der Waals surface area contributed by atoms with Crippen molar-refractivity contribution in [2.75, 3.05) is 46.0 Å². The lowest BCUT2D eigenvalue weighted by molar-refractivity contribution is -0.145.